The number of aromatic nitrogens is 1. The molecule has 1 aliphatic carbocycles. The Morgan fingerprint density at radius 1 is 1.26 bits per heavy atom. The fraction of sp³-hybridized carbons (Fsp3) is 0.375. The minimum atomic E-state index is 0.124. The molecule has 0 saturated carbocycles. The Morgan fingerprint density at radius 3 is 2.79 bits per heavy atom. The van der Waals surface area contributed by atoms with Crippen molar-refractivity contribution in [3.05, 3.63) is 35.0 Å². The highest BCUT2D eigenvalue weighted by Gasteiger charge is 2.20. The predicted octanol–water partition coefficient (Wildman–Crippen LogP) is 3.32. The number of hydrogen-bond acceptors (Lipinski definition) is 3. The molecule has 0 radical (unpaired) electrons. The molecule has 0 amide bonds. The van der Waals surface area contributed by atoms with Crippen molar-refractivity contribution in [1.82, 2.24) is 4.98 Å². The first-order valence-electron chi connectivity index (χ1n) is 6.71. The molecule has 0 bridgehead atoms. The van der Waals surface area contributed by atoms with Gasteiger partial charge in [-0.15, -0.1) is 0 Å². The molecule has 19 heavy (non-hydrogen) atoms. The van der Waals surface area contributed by atoms with Crippen molar-refractivity contribution in [2.24, 2.45) is 0 Å². The summed E-state index contributed by atoms with van der Waals surface area (Å²) in [5, 5.41) is 0.924. The zero-order valence-electron chi connectivity index (χ0n) is 11.3. The van der Waals surface area contributed by atoms with Gasteiger partial charge in [0.2, 0.25) is 0 Å². The van der Waals surface area contributed by atoms with Crippen LogP contribution in [0, 0.1) is 0 Å². The molecule has 0 aliphatic heterocycles. The second-order valence-electron chi connectivity index (χ2n) is 5.06. The van der Waals surface area contributed by atoms with E-state index in [-0.39, 0.29) is 5.78 Å². The molecule has 0 fully saturated rings. The molecule has 0 saturated heterocycles. The summed E-state index contributed by atoms with van der Waals surface area (Å²) in [5.74, 6) is 0.895. The fourth-order valence-corrected chi connectivity index (χ4v) is 2.93. The molecule has 1 aliphatic rings. The van der Waals surface area contributed by atoms with Gasteiger partial charge >= 0.3 is 0 Å². The summed E-state index contributed by atoms with van der Waals surface area (Å²) in [5.41, 5.74) is 4.00. The predicted molar refractivity (Wildman–Crippen MR) is 74.9 cm³/mol. The van der Waals surface area contributed by atoms with E-state index in [0.29, 0.717) is 0 Å². The largest absolute Gasteiger partial charge is 0.497 e. The topological polar surface area (TPSA) is 39.2 Å². The zero-order chi connectivity index (χ0) is 13.4. The first-order valence-corrected chi connectivity index (χ1v) is 6.71. The summed E-state index contributed by atoms with van der Waals surface area (Å²) in [6.45, 7) is 1.64. The van der Waals surface area contributed by atoms with Crippen LogP contribution in [0.1, 0.15) is 41.4 Å². The second-order valence-corrected chi connectivity index (χ2v) is 5.06. The van der Waals surface area contributed by atoms with E-state index in [1.807, 2.05) is 18.2 Å². The number of ether oxygens (including phenoxy) is 1. The van der Waals surface area contributed by atoms with Crippen LogP contribution in [0.3, 0.4) is 0 Å². The normalized spacial score (nSPS) is 14.2. The molecule has 3 nitrogen and oxygen atoms in total. The van der Waals surface area contributed by atoms with Crippen LogP contribution in [0.25, 0.3) is 10.9 Å². The van der Waals surface area contributed by atoms with E-state index < -0.39 is 0 Å². The number of nitrogens with zero attached hydrogens (tertiary/aromatic N) is 1. The lowest BCUT2D eigenvalue weighted by molar-refractivity contribution is 0.101. The van der Waals surface area contributed by atoms with Crippen molar-refractivity contribution in [2.45, 2.75) is 32.6 Å². The molecular weight excluding hydrogens is 238 g/mol. The van der Waals surface area contributed by atoms with E-state index in [1.165, 1.54) is 6.42 Å². The molecule has 0 N–H and O–H groups in total. The van der Waals surface area contributed by atoms with Gasteiger partial charge in [-0.3, -0.25) is 9.78 Å². The molecule has 1 aromatic heterocycles. The van der Waals surface area contributed by atoms with Gasteiger partial charge in [-0.2, -0.15) is 0 Å². The molecule has 0 unspecified atom stereocenters. The maximum atomic E-state index is 12.1. The average molecular weight is 255 g/mol. The van der Waals surface area contributed by atoms with Crippen molar-refractivity contribution < 1.29 is 9.53 Å². The Bertz CT molecular complexity index is 661. The summed E-state index contributed by atoms with van der Waals surface area (Å²) in [6.07, 6.45) is 4.26. The highest BCUT2D eigenvalue weighted by Crippen LogP contribution is 2.31. The van der Waals surface area contributed by atoms with E-state index in [9.17, 15) is 4.79 Å². The van der Waals surface area contributed by atoms with Gasteiger partial charge in [0.05, 0.1) is 12.6 Å². The molecule has 0 spiro atoms. The number of methoxy groups -OCH3 is 1. The van der Waals surface area contributed by atoms with Crippen molar-refractivity contribution in [3.8, 4) is 5.75 Å². The highest BCUT2D eigenvalue weighted by atomic mass is 16.5. The second kappa shape index (κ2) is 4.65. The summed E-state index contributed by atoms with van der Waals surface area (Å²) in [7, 11) is 1.64. The van der Waals surface area contributed by atoms with E-state index >= 15 is 0 Å². The molecule has 3 heteroatoms. The van der Waals surface area contributed by atoms with Crippen LogP contribution in [0.15, 0.2) is 18.2 Å². The number of fused-ring (bicyclic) bond motifs is 2. The first kappa shape index (κ1) is 12.2. The highest BCUT2D eigenvalue weighted by molar-refractivity contribution is 6.08. The number of rotatable bonds is 2. The number of ketones is 1. The van der Waals surface area contributed by atoms with Crippen LogP contribution in [-0.4, -0.2) is 17.9 Å². The molecular formula is C16H17NO2. The third kappa shape index (κ3) is 1.99. The SMILES string of the molecule is COc1ccc2nc3c(c(C(C)=O)c2c1)CCCC3. The summed E-state index contributed by atoms with van der Waals surface area (Å²) >= 11 is 0. The standard InChI is InChI=1S/C16H17NO2/c1-10(18)16-12-5-3-4-6-14(12)17-15-8-7-11(19-2)9-13(15)16/h7-9H,3-6H2,1-2H3. The molecule has 1 heterocycles. The van der Waals surface area contributed by atoms with Gasteiger partial charge < -0.3 is 4.74 Å². The van der Waals surface area contributed by atoms with Crippen LogP contribution < -0.4 is 4.74 Å². The quantitative estimate of drug-likeness (QED) is 0.773. The smallest absolute Gasteiger partial charge is 0.160 e. The third-order valence-electron chi connectivity index (χ3n) is 3.82. The van der Waals surface area contributed by atoms with E-state index in [0.717, 1.165) is 52.7 Å². The Balaban J connectivity index is 2.36. The van der Waals surface area contributed by atoms with Crippen LogP contribution in [0.5, 0.6) is 5.75 Å². The fourth-order valence-electron chi connectivity index (χ4n) is 2.93. The molecule has 1 aromatic carbocycles. The number of carbonyl (C=O) groups is 1. The van der Waals surface area contributed by atoms with Crippen LogP contribution >= 0.6 is 0 Å². The molecule has 0 atom stereocenters. The van der Waals surface area contributed by atoms with Gasteiger partial charge in [0, 0.05) is 16.6 Å². The van der Waals surface area contributed by atoms with E-state index in [2.05, 4.69) is 0 Å². The zero-order valence-corrected chi connectivity index (χ0v) is 11.3. The monoisotopic (exact) mass is 255 g/mol. The minimum absolute atomic E-state index is 0.124. The number of benzene rings is 1. The number of hydrogen-bond donors (Lipinski definition) is 0. The Labute approximate surface area is 112 Å². The number of carbonyl (C=O) groups excluding carboxylic acids is 1. The lowest BCUT2D eigenvalue weighted by Crippen LogP contribution is -2.12. The van der Waals surface area contributed by atoms with E-state index in [1.54, 1.807) is 14.0 Å². The Kier molecular flexibility index (Phi) is 2.97. The van der Waals surface area contributed by atoms with Crippen LogP contribution in [-0.2, 0) is 12.8 Å². The van der Waals surface area contributed by atoms with Crippen molar-refractivity contribution >= 4 is 16.7 Å². The summed E-state index contributed by atoms with van der Waals surface area (Å²) in [6, 6.07) is 5.76. The van der Waals surface area contributed by atoms with Crippen molar-refractivity contribution in [2.75, 3.05) is 7.11 Å². The lowest BCUT2D eigenvalue weighted by atomic mass is 9.88. The van der Waals surface area contributed by atoms with Gasteiger partial charge in [-0.25, -0.2) is 0 Å². The van der Waals surface area contributed by atoms with Gasteiger partial charge in [0.15, 0.2) is 5.78 Å². The van der Waals surface area contributed by atoms with Crippen LogP contribution in [0.2, 0.25) is 0 Å². The number of pyridine rings is 1. The van der Waals surface area contributed by atoms with E-state index in [4.69, 9.17) is 9.72 Å². The Morgan fingerprint density at radius 2 is 2.05 bits per heavy atom. The number of aryl methyl sites for hydroxylation is 1. The molecule has 2 aromatic rings. The van der Waals surface area contributed by atoms with Gasteiger partial charge in [-0.1, -0.05) is 0 Å². The van der Waals surface area contributed by atoms with Crippen LogP contribution in [0.4, 0.5) is 0 Å². The van der Waals surface area contributed by atoms with Crippen molar-refractivity contribution in [1.29, 1.82) is 0 Å². The summed E-state index contributed by atoms with van der Waals surface area (Å²) < 4.78 is 5.26. The van der Waals surface area contributed by atoms with Gasteiger partial charge in [-0.05, 0) is 56.4 Å². The first-order chi connectivity index (χ1) is 9.20. The molecule has 3 rings (SSSR count). The molecule has 98 valence electrons. The minimum Gasteiger partial charge on any atom is -0.497 e. The number of Topliss-reactive ketones (excluding diaryl/α,β-unsaturated/α-hetero) is 1. The average Bonchev–Trinajstić information content (AvgIpc) is 2.43. The van der Waals surface area contributed by atoms with Crippen molar-refractivity contribution in [3.63, 3.8) is 0 Å². The lowest BCUT2D eigenvalue weighted by Gasteiger charge is -2.19. The Hall–Kier alpha value is -1.90. The van der Waals surface area contributed by atoms with Gasteiger partial charge in [0.1, 0.15) is 5.75 Å². The maximum absolute atomic E-state index is 12.1. The third-order valence-corrected chi connectivity index (χ3v) is 3.82. The van der Waals surface area contributed by atoms with Gasteiger partial charge in [0.25, 0.3) is 0 Å². The maximum Gasteiger partial charge on any atom is 0.160 e. The summed E-state index contributed by atoms with van der Waals surface area (Å²) in [4.78, 5) is 16.8.